The summed E-state index contributed by atoms with van der Waals surface area (Å²) in [4.78, 5) is 26.8. The van der Waals surface area contributed by atoms with E-state index in [1.807, 2.05) is 41.8 Å². The lowest BCUT2D eigenvalue weighted by Gasteiger charge is -2.11. The number of aromatic nitrogens is 1. The lowest BCUT2D eigenvalue weighted by Crippen LogP contribution is -2.04. The minimum atomic E-state index is -0.112. The Balaban J connectivity index is 1.97. The molecule has 0 aliphatic rings. The first-order chi connectivity index (χ1) is 12.8. The maximum Gasteiger partial charge on any atom is 0.266 e. The number of hydrogen-bond acceptors (Lipinski definition) is 4. The van der Waals surface area contributed by atoms with Crippen molar-refractivity contribution in [2.24, 2.45) is 5.18 Å². The molecule has 0 bridgehead atoms. The number of benzene rings is 3. The number of H-pyrrole nitrogens is 1. The standard InChI is InChI=1S/C21H12N2O2S/c24-21-20-15(9-10-26-20)19-16(22-21)7-8-17(23-25)18(19)14-6-5-12-3-1-2-4-13(12)11-14/h1-11H,(H,22,24). The summed E-state index contributed by atoms with van der Waals surface area (Å²) in [6, 6.07) is 19.5. The highest BCUT2D eigenvalue weighted by Gasteiger charge is 2.16. The SMILES string of the molecule is O=Nc1ccc2[nH]c(=O)c3sccc3c2c1-c1ccc2ccccc2c1. The highest BCUT2D eigenvalue weighted by atomic mass is 32.1. The molecule has 5 heteroatoms. The molecule has 4 nitrogen and oxygen atoms in total. The van der Waals surface area contributed by atoms with Gasteiger partial charge in [0, 0.05) is 21.9 Å². The molecular weight excluding hydrogens is 344 g/mol. The normalized spacial score (nSPS) is 11.4. The van der Waals surface area contributed by atoms with E-state index in [-0.39, 0.29) is 5.56 Å². The van der Waals surface area contributed by atoms with E-state index in [0.717, 1.165) is 32.7 Å². The number of nitrogens with one attached hydrogen (secondary N) is 1. The second kappa shape index (κ2) is 5.61. The first-order valence-corrected chi connectivity index (χ1v) is 9.03. The summed E-state index contributed by atoms with van der Waals surface area (Å²) in [5.74, 6) is 0. The Kier molecular flexibility index (Phi) is 3.23. The number of aromatic amines is 1. The second-order valence-electron chi connectivity index (χ2n) is 6.15. The van der Waals surface area contributed by atoms with Gasteiger partial charge >= 0.3 is 0 Å². The van der Waals surface area contributed by atoms with Crippen LogP contribution in [0.1, 0.15) is 0 Å². The van der Waals surface area contributed by atoms with Crippen LogP contribution in [-0.2, 0) is 0 Å². The van der Waals surface area contributed by atoms with E-state index in [0.29, 0.717) is 15.9 Å². The maximum atomic E-state index is 12.3. The van der Waals surface area contributed by atoms with Gasteiger partial charge in [-0.05, 0) is 51.2 Å². The average molecular weight is 356 g/mol. The Labute approximate surface area is 151 Å². The molecule has 2 aromatic heterocycles. The van der Waals surface area contributed by atoms with Crippen molar-refractivity contribution in [3.63, 3.8) is 0 Å². The molecule has 0 radical (unpaired) electrons. The number of nitrogens with zero attached hydrogens (tertiary/aromatic N) is 1. The first kappa shape index (κ1) is 15.0. The Morgan fingerprint density at radius 1 is 0.923 bits per heavy atom. The van der Waals surface area contributed by atoms with Gasteiger partial charge in [-0.1, -0.05) is 36.4 Å². The van der Waals surface area contributed by atoms with Crippen molar-refractivity contribution in [3.05, 3.63) is 81.3 Å². The molecule has 0 atom stereocenters. The van der Waals surface area contributed by atoms with Crippen molar-refractivity contribution >= 4 is 48.8 Å². The molecule has 0 saturated heterocycles. The highest BCUT2D eigenvalue weighted by molar-refractivity contribution is 7.17. The van der Waals surface area contributed by atoms with E-state index in [1.165, 1.54) is 11.3 Å². The predicted octanol–water partition coefficient (Wildman–Crippen LogP) is 5.96. The van der Waals surface area contributed by atoms with Gasteiger partial charge in [-0.15, -0.1) is 16.2 Å². The molecule has 0 unspecified atom stereocenters. The molecule has 0 saturated carbocycles. The molecule has 26 heavy (non-hydrogen) atoms. The first-order valence-electron chi connectivity index (χ1n) is 8.15. The number of fused-ring (bicyclic) bond motifs is 4. The van der Waals surface area contributed by atoms with E-state index in [1.54, 1.807) is 12.1 Å². The number of pyridine rings is 1. The fraction of sp³-hybridized carbons (Fsp3) is 0. The summed E-state index contributed by atoms with van der Waals surface area (Å²) >= 11 is 1.40. The summed E-state index contributed by atoms with van der Waals surface area (Å²) in [6.45, 7) is 0. The summed E-state index contributed by atoms with van der Waals surface area (Å²) in [7, 11) is 0. The molecule has 2 heterocycles. The summed E-state index contributed by atoms with van der Waals surface area (Å²) in [5.41, 5.74) is 2.62. The molecule has 0 fully saturated rings. The third-order valence-electron chi connectivity index (χ3n) is 4.71. The third-order valence-corrected chi connectivity index (χ3v) is 5.62. The molecule has 5 aromatic rings. The van der Waals surface area contributed by atoms with Crippen LogP contribution in [0.3, 0.4) is 0 Å². The van der Waals surface area contributed by atoms with Crippen LogP contribution in [-0.4, -0.2) is 4.98 Å². The quantitative estimate of drug-likeness (QED) is 0.397. The topological polar surface area (TPSA) is 62.3 Å². The molecular formula is C21H12N2O2S. The van der Waals surface area contributed by atoms with Crippen molar-refractivity contribution < 1.29 is 0 Å². The lowest BCUT2D eigenvalue weighted by molar-refractivity contribution is 1.35. The Morgan fingerprint density at radius 3 is 2.62 bits per heavy atom. The van der Waals surface area contributed by atoms with E-state index >= 15 is 0 Å². The minimum absolute atomic E-state index is 0.112. The van der Waals surface area contributed by atoms with Crippen molar-refractivity contribution in [3.8, 4) is 11.1 Å². The van der Waals surface area contributed by atoms with Gasteiger partial charge in [0.15, 0.2) is 0 Å². The summed E-state index contributed by atoms with van der Waals surface area (Å²) in [5, 5.41) is 9.07. The zero-order chi connectivity index (χ0) is 17.7. The Morgan fingerprint density at radius 2 is 1.77 bits per heavy atom. The minimum Gasteiger partial charge on any atom is -0.321 e. The largest absolute Gasteiger partial charge is 0.321 e. The molecule has 0 amide bonds. The molecule has 0 aliphatic heterocycles. The van der Waals surface area contributed by atoms with Gasteiger partial charge < -0.3 is 4.98 Å². The second-order valence-corrected chi connectivity index (χ2v) is 7.07. The van der Waals surface area contributed by atoms with E-state index in [2.05, 4.69) is 22.3 Å². The number of rotatable bonds is 2. The molecule has 0 spiro atoms. The monoisotopic (exact) mass is 356 g/mol. The van der Waals surface area contributed by atoms with Gasteiger partial charge in [-0.3, -0.25) is 4.79 Å². The molecule has 5 rings (SSSR count). The van der Waals surface area contributed by atoms with Crippen LogP contribution >= 0.6 is 11.3 Å². The van der Waals surface area contributed by atoms with Crippen LogP contribution in [0.15, 0.2) is 76.0 Å². The van der Waals surface area contributed by atoms with Crippen molar-refractivity contribution in [1.29, 1.82) is 0 Å². The zero-order valence-corrected chi connectivity index (χ0v) is 14.3. The Hall–Kier alpha value is -3.31. The maximum absolute atomic E-state index is 12.3. The summed E-state index contributed by atoms with van der Waals surface area (Å²) < 4.78 is 0.655. The smallest absolute Gasteiger partial charge is 0.266 e. The van der Waals surface area contributed by atoms with Crippen LogP contribution in [0, 0.1) is 4.91 Å². The molecule has 3 aromatic carbocycles. The third kappa shape index (κ3) is 2.11. The highest BCUT2D eigenvalue weighted by Crippen LogP contribution is 2.41. The Bertz CT molecular complexity index is 1380. The molecule has 0 aliphatic carbocycles. The number of nitroso groups, excluding NO2 is 1. The van der Waals surface area contributed by atoms with E-state index < -0.39 is 0 Å². The fourth-order valence-electron chi connectivity index (χ4n) is 3.55. The van der Waals surface area contributed by atoms with Crippen LogP contribution in [0.4, 0.5) is 5.69 Å². The van der Waals surface area contributed by atoms with Crippen LogP contribution in [0.5, 0.6) is 0 Å². The predicted molar refractivity (Wildman–Crippen MR) is 108 cm³/mol. The molecule has 124 valence electrons. The lowest BCUT2D eigenvalue weighted by atomic mass is 9.95. The average Bonchev–Trinajstić information content (AvgIpc) is 3.17. The number of hydrogen-bond donors (Lipinski definition) is 1. The van der Waals surface area contributed by atoms with Crippen molar-refractivity contribution in [1.82, 2.24) is 4.98 Å². The van der Waals surface area contributed by atoms with E-state index in [9.17, 15) is 9.70 Å². The fourth-order valence-corrected chi connectivity index (χ4v) is 4.35. The van der Waals surface area contributed by atoms with Gasteiger partial charge in [0.2, 0.25) is 0 Å². The van der Waals surface area contributed by atoms with Crippen molar-refractivity contribution in [2.45, 2.75) is 0 Å². The van der Waals surface area contributed by atoms with E-state index in [4.69, 9.17) is 0 Å². The summed E-state index contributed by atoms with van der Waals surface area (Å²) in [6.07, 6.45) is 0. The number of thiophene rings is 1. The van der Waals surface area contributed by atoms with Gasteiger partial charge in [0.25, 0.3) is 5.56 Å². The zero-order valence-electron chi connectivity index (χ0n) is 13.5. The van der Waals surface area contributed by atoms with Gasteiger partial charge in [0.05, 0.1) is 0 Å². The van der Waals surface area contributed by atoms with Gasteiger partial charge in [0.1, 0.15) is 10.4 Å². The van der Waals surface area contributed by atoms with Crippen LogP contribution in [0.25, 0.3) is 42.9 Å². The van der Waals surface area contributed by atoms with Crippen LogP contribution < -0.4 is 5.56 Å². The van der Waals surface area contributed by atoms with Crippen LogP contribution in [0.2, 0.25) is 0 Å². The van der Waals surface area contributed by atoms with Gasteiger partial charge in [-0.25, -0.2) is 0 Å². The van der Waals surface area contributed by atoms with Gasteiger partial charge in [-0.2, -0.15) is 0 Å². The molecule has 1 N–H and O–H groups in total. The van der Waals surface area contributed by atoms with Crippen molar-refractivity contribution in [2.75, 3.05) is 0 Å².